The van der Waals surface area contributed by atoms with Crippen molar-refractivity contribution in [3.8, 4) is 0 Å². The van der Waals surface area contributed by atoms with Crippen molar-refractivity contribution < 1.29 is 4.79 Å². The Labute approximate surface area is 114 Å². The van der Waals surface area contributed by atoms with E-state index < -0.39 is 0 Å². The molecule has 2 heterocycles. The first-order valence-corrected chi connectivity index (χ1v) is 6.98. The number of rotatable bonds is 1. The molecule has 1 aromatic rings. The van der Waals surface area contributed by atoms with Crippen LogP contribution in [0.4, 0.5) is 5.69 Å². The summed E-state index contributed by atoms with van der Waals surface area (Å²) >= 11 is 0. The first-order chi connectivity index (χ1) is 9.16. The number of aryl methyl sites for hydroxylation is 1. The molecule has 1 aromatic carbocycles. The number of hydrogen-bond acceptors (Lipinski definition) is 3. The summed E-state index contributed by atoms with van der Waals surface area (Å²) in [6, 6.07) is 6.65. The molecule has 2 fully saturated rings. The van der Waals surface area contributed by atoms with Crippen molar-refractivity contribution in [2.45, 2.75) is 19.9 Å². The minimum absolute atomic E-state index is 0.229. The fourth-order valence-corrected chi connectivity index (χ4v) is 3.02. The Morgan fingerprint density at radius 1 is 1.32 bits per heavy atom. The zero-order valence-electron chi connectivity index (χ0n) is 11.6. The summed E-state index contributed by atoms with van der Waals surface area (Å²) in [7, 11) is 0. The highest BCUT2D eigenvalue weighted by Gasteiger charge is 2.34. The fraction of sp³-hybridized carbons (Fsp3) is 0.533. The molecule has 2 saturated heterocycles. The van der Waals surface area contributed by atoms with Gasteiger partial charge in [-0.3, -0.25) is 9.69 Å². The van der Waals surface area contributed by atoms with E-state index in [1.165, 1.54) is 11.1 Å². The van der Waals surface area contributed by atoms with E-state index in [0.29, 0.717) is 12.6 Å². The normalized spacial score (nSPS) is 24.4. The Balaban J connectivity index is 1.88. The summed E-state index contributed by atoms with van der Waals surface area (Å²) in [5.41, 5.74) is 3.54. The Morgan fingerprint density at radius 3 is 3.00 bits per heavy atom. The predicted molar refractivity (Wildman–Crippen MR) is 76.5 cm³/mol. The average molecular weight is 259 g/mol. The molecule has 0 aromatic heterocycles. The Kier molecular flexibility index (Phi) is 3.29. The molecule has 4 heteroatoms. The number of nitrogens with one attached hydrogen (secondary N) is 1. The van der Waals surface area contributed by atoms with Crippen molar-refractivity contribution in [2.24, 2.45) is 0 Å². The zero-order valence-corrected chi connectivity index (χ0v) is 11.6. The van der Waals surface area contributed by atoms with Gasteiger partial charge in [-0.25, -0.2) is 0 Å². The molecule has 0 radical (unpaired) electrons. The van der Waals surface area contributed by atoms with Crippen LogP contribution in [0, 0.1) is 13.8 Å². The van der Waals surface area contributed by atoms with Gasteiger partial charge < -0.3 is 10.2 Å². The highest BCUT2D eigenvalue weighted by atomic mass is 16.2. The number of amides is 1. The second-order valence-electron chi connectivity index (χ2n) is 5.55. The van der Waals surface area contributed by atoms with Crippen LogP contribution in [0.2, 0.25) is 0 Å². The van der Waals surface area contributed by atoms with E-state index in [9.17, 15) is 4.79 Å². The molecular weight excluding hydrogens is 238 g/mol. The zero-order chi connectivity index (χ0) is 13.4. The van der Waals surface area contributed by atoms with Crippen LogP contribution < -0.4 is 10.2 Å². The summed E-state index contributed by atoms with van der Waals surface area (Å²) in [6.45, 7) is 8.51. The number of carbonyl (C=O) groups excluding carboxylic acids is 1. The molecule has 2 aliphatic rings. The van der Waals surface area contributed by atoms with Crippen molar-refractivity contribution in [2.75, 3.05) is 37.6 Å². The summed E-state index contributed by atoms with van der Waals surface area (Å²) in [5, 5.41) is 3.42. The number of piperazine rings is 2. The molecule has 102 valence electrons. The molecule has 1 amide bonds. The van der Waals surface area contributed by atoms with Crippen LogP contribution in [0.1, 0.15) is 11.1 Å². The number of benzene rings is 1. The maximum atomic E-state index is 12.4. The van der Waals surface area contributed by atoms with Crippen molar-refractivity contribution in [3.05, 3.63) is 29.3 Å². The number of anilines is 1. The smallest absolute Gasteiger partial charge is 0.241 e. The fourth-order valence-electron chi connectivity index (χ4n) is 3.02. The van der Waals surface area contributed by atoms with Crippen LogP contribution in [-0.4, -0.2) is 49.6 Å². The Hall–Kier alpha value is -1.39. The number of fused-ring (bicyclic) bond motifs is 1. The number of nitrogens with zero attached hydrogens (tertiary/aromatic N) is 2. The molecular formula is C15H21N3O. The highest BCUT2D eigenvalue weighted by Crippen LogP contribution is 2.26. The molecule has 19 heavy (non-hydrogen) atoms. The molecule has 1 N–H and O–H groups in total. The second kappa shape index (κ2) is 4.94. The van der Waals surface area contributed by atoms with Crippen LogP contribution in [0.25, 0.3) is 0 Å². The molecule has 1 unspecified atom stereocenters. The topological polar surface area (TPSA) is 35.6 Å². The lowest BCUT2D eigenvalue weighted by Gasteiger charge is -2.44. The van der Waals surface area contributed by atoms with Crippen LogP contribution in [0.5, 0.6) is 0 Å². The maximum Gasteiger partial charge on any atom is 0.241 e. The molecule has 3 rings (SSSR count). The van der Waals surface area contributed by atoms with E-state index in [1.807, 2.05) is 11.0 Å². The predicted octanol–water partition coefficient (Wildman–Crippen LogP) is 0.924. The lowest BCUT2D eigenvalue weighted by molar-refractivity contribution is -0.122. The van der Waals surface area contributed by atoms with Crippen molar-refractivity contribution >= 4 is 11.6 Å². The Morgan fingerprint density at radius 2 is 2.16 bits per heavy atom. The summed E-state index contributed by atoms with van der Waals surface area (Å²) in [5.74, 6) is 0.229. The lowest BCUT2D eigenvalue weighted by Crippen LogP contribution is -2.63. The van der Waals surface area contributed by atoms with Gasteiger partial charge in [0.2, 0.25) is 5.91 Å². The highest BCUT2D eigenvalue weighted by molar-refractivity contribution is 5.96. The van der Waals surface area contributed by atoms with E-state index in [-0.39, 0.29) is 5.91 Å². The van der Waals surface area contributed by atoms with Gasteiger partial charge >= 0.3 is 0 Å². The first kappa shape index (κ1) is 12.6. The minimum atomic E-state index is 0.229. The van der Waals surface area contributed by atoms with Gasteiger partial charge in [-0.2, -0.15) is 0 Å². The monoisotopic (exact) mass is 259 g/mol. The third-order valence-electron chi connectivity index (χ3n) is 4.37. The molecule has 2 aliphatic heterocycles. The number of hydrogen-bond donors (Lipinski definition) is 1. The van der Waals surface area contributed by atoms with E-state index >= 15 is 0 Å². The SMILES string of the molecule is Cc1cccc(N2CC3CNCCN3CC2=O)c1C. The molecule has 4 nitrogen and oxygen atoms in total. The van der Waals surface area contributed by atoms with Crippen molar-refractivity contribution in [3.63, 3.8) is 0 Å². The molecule has 0 saturated carbocycles. The third kappa shape index (κ3) is 2.26. The molecule has 0 bridgehead atoms. The first-order valence-electron chi connectivity index (χ1n) is 6.98. The number of carbonyl (C=O) groups is 1. The molecule has 1 atom stereocenters. The van der Waals surface area contributed by atoms with Gasteiger partial charge in [0.05, 0.1) is 6.54 Å². The van der Waals surface area contributed by atoms with E-state index in [0.717, 1.165) is 31.9 Å². The second-order valence-corrected chi connectivity index (χ2v) is 5.55. The average Bonchev–Trinajstić information content (AvgIpc) is 2.41. The van der Waals surface area contributed by atoms with Crippen LogP contribution >= 0.6 is 0 Å². The van der Waals surface area contributed by atoms with Gasteiger partial charge in [0.1, 0.15) is 0 Å². The van der Waals surface area contributed by atoms with E-state index in [2.05, 4.69) is 36.2 Å². The standard InChI is InChI=1S/C15H21N3O/c1-11-4-3-5-14(12(11)2)18-9-13-8-16-6-7-17(13)10-15(18)19/h3-5,13,16H,6-10H2,1-2H3. The minimum Gasteiger partial charge on any atom is -0.314 e. The van der Waals surface area contributed by atoms with E-state index in [1.54, 1.807) is 0 Å². The van der Waals surface area contributed by atoms with Crippen LogP contribution in [-0.2, 0) is 4.79 Å². The quantitative estimate of drug-likeness (QED) is 0.815. The molecule has 0 spiro atoms. The van der Waals surface area contributed by atoms with Gasteiger partial charge in [-0.15, -0.1) is 0 Å². The maximum absolute atomic E-state index is 12.4. The van der Waals surface area contributed by atoms with Gasteiger partial charge in [0, 0.05) is 37.9 Å². The third-order valence-corrected chi connectivity index (χ3v) is 4.37. The van der Waals surface area contributed by atoms with Crippen LogP contribution in [0.3, 0.4) is 0 Å². The Bertz CT molecular complexity index is 500. The van der Waals surface area contributed by atoms with Gasteiger partial charge in [-0.05, 0) is 31.0 Å². The van der Waals surface area contributed by atoms with Crippen molar-refractivity contribution in [1.82, 2.24) is 10.2 Å². The molecule has 0 aliphatic carbocycles. The van der Waals surface area contributed by atoms with Gasteiger partial charge in [-0.1, -0.05) is 12.1 Å². The van der Waals surface area contributed by atoms with Crippen molar-refractivity contribution in [1.29, 1.82) is 0 Å². The lowest BCUT2D eigenvalue weighted by atomic mass is 10.0. The summed E-state index contributed by atoms with van der Waals surface area (Å²) in [6.07, 6.45) is 0. The van der Waals surface area contributed by atoms with E-state index in [4.69, 9.17) is 0 Å². The van der Waals surface area contributed by atoms with Gasteiger partial charge in [0.25, 0.3) is 0 Å². The summed E-state index contributed by atoms with van der Waals surface area (Å²) < 4.78 is 0. The van der Waals surface area contributed by atoms with Crippen LogP contribution in [0.15, 0.2) is 18.2 Å². The van der Waals surface area contributed by atoms with Gasteiger partial charge in [0.15, 0.2) is 0 Å². The summed E-state index contributed by atoms with van der Waals surface area (Å²) in [4.78, 5) is 16.7. The largest absolute Gasteiger partial charge is 0.314 e.